The highest BCUT2D eigenvalue weighted by atomic mass is 35.5. The van der Waals surface area contributed by atoms with Crippen LogP contribution in [0.2, 0.25) is 5.02 Å². The van der Waals surface area contributed by atoms with Gasteiger partial charge in [-0.15, -0.1) is 0 Å². The van der Waals surface area contributed by atoms with Gasteiger partial charge in [-0.25, -0.2) is 8.42 Å². The molecule has 1 amide bonds. The van der Waals surface area contributed by atoms with Gasteiger partial charge in [0.1, 0.15) is 0 Å². The molecule has 6 nitrogen and oxygen atoms in total. The molecule has 0 aliphatic rings. The van der Waals surface area contributed by atoms with Gasteiger partial charge in [-0.2, -0.15) is 0 Å². The zero-order chi connectivity index (χ0) is 20.0. The van der Waals surface area contributed by atoms with Crippen molar-refractivity contribution >= 4 is 33.2 Å². The van der Waals surface area contributed by atoms with Crippen molar-refractivity contribution in [2.75, 3.05) is 24.6 Å². The molecule has 0 fully saturated rings. The molecule has 0 saturated heterocycles. The Balaban J connectivity index is 2.39. The van der Waals surface area contributed by atoms with E-state index in [1.54, 1.807) is 38.1 Å². The number of carbonyl (C=O) groups is 1. The quantitative estimate of drug-likeness (QED) is 0.724. The number of methoxy groups -OCH3 is 1. The largest absolute Gasteiger partial charge is 0.383 e. The molecule has 2 rings (SSSR count). The monoisotopic (exact) mass is 410 g/mol. The lowest BCUT2D eigenvalue weighted by molar-refractivity contribution is 0.0905. The summed E-state index contributed by atoms with van der Waals surface area (Å²) in [5.41, 5.74) is 0.652. The lowest BCUT2D eigenvalue weighted by Crippen LogP contribution is -2.36. The molecule has 2 aromatic carbocycles. The SMILES string of the molecule is CCN(c1ccccc1)S(=O)(=O)c1ccc(Cl)c(C(=O)N[C@@H](C)COC)c1. The van der Waals surface area contributed by atoms with E-state index in [1.807, 2.05) is 6.07 Å². The average Bonchev–Trinajstić information content (AvgIpc) is 2.63. The minimum atomic E-state index is -3.85. The third kappa shape index (κ3) is 5.00. The van der Waals surface area contributed by atoms with Crippen molar-refractivity contribution in [3.63, 3.8) is 0 Å². The number of anilines is 1. The molecule has 0 unspecified atom stereocenters. The van der Waals surface area contributed by atoms with Crippen molar-refractivity contribution < 1.29 is 17.9 Å². The third-order valence-electron chi connectivity index (χ3n) is 3.90. The van der Waals surface area contributed by atoms with Crippen LogP contribution in [0.3, 0.4) is 0 Å². The predicted octanol–water partition coefficient (Wildman–Crippen LogP) is 3.32. The predicted molar refractivity (Wildman–Crippen MR) is 107 cm³/mol. The van der Waals surface area contributed by atoms with Crippen LogP contribution in [0.1, 0.15) is 24.2 Å². The first kappa shape index (κ1) is 21.2. The zero-order valence-electron chi connectivity index (χ0n) is 15.5. The van der Waals surface area contributed by atoms with Crippen LogP contribution in [0.4, 0.5) is 5.69 Å². The van der Waals surface area contributed by atoms with Crippen LogP contribution in [0.25, 0.3) is 0 Å². The lowest BCUT2D eigenvalue weighted by Gasteiger charge is -2.23. The first-order chi connectivity index (χ1) is 12.8. The second-order valence-corrected chi connectivity index (χ2v) is 8.25. The van der Waals surface area contributed by atoms with E-state index in [9.17, 15) is 13.2 Å². The minimum Gasteiger partial charge on any atom is -0.383 e. The number of ether oxygens (including phenoxy) is 1. The van der Waals surface area contributed by atoms with E-state index in [-0.39, 0.29) is 28.1 Å². The zero-order valence-corrected chi connectivity index (χ0v) is 17.0. The number of amides is 1. The molecule has 0 saturated carbocycles. The average molecular weight is 411 g/mol. The van der Waals surface area contributed by atoms with Crippen LogP contribution in [0.5, 0.6) is 0 Å². The Hall–Kier alpha value is -2.09. The van der Waals surface area contributed by atoms with Gasteiger partial charge in [0.05, 0.1) is 27.8 Å². The van der Waals surface area contributed by atoms with E-state index in [0.29, 0.717) is 12.3 Å². The number of rotatable bonds is 8. The fourth-order valence-corrected chi connectivity index (χ4v) is 4.35. The minimum absolute atomic E-state index is 0.00199. The number of nitrogens with zero attached hydrogens (tertiary/aromatic N) is 1. The second-order valence-electron chi connectivity index (χ2n) is 5.98. The number of para-hydroxylation sites is 1. The Morgan fingerprint density at radius 3 is 2.48 bits per heavy atom. The number of nitrogens with one attached hydrogen (secondary N) is 1. The Bertz CT molecular complexity index is 888. The number of halogens is 1. The molecule has 8 heteroatoms. The molecule has 0 heterocycles. The molecule has 1 atom stereocenters. The van der Waals surface area contributed by atoms with Crippen molar-refractivity contribution in [1.29, 1.82) is 0 Å². The van der Waals surface area contributed by atoms with Crippen molar-refractivity contribution in [3.05, 3.63) is 59.1 Å². The van der Waals surface area contributed by atoms with Gasteiger partial charge < -0.3 is 10.1 Å². The van der Waals surface area contributed by atoms with Crippen molar-refractivity contribution in [3.8, 4) is 0 Å². The first-order valence-corrected chi connectivity index (χ1v) is 10.3. The number of hydrogen-bond donors (Lipinski definition) is 1. The van der Waals surface area contributed by atoms with E-state index in [0.717, 1.165) is 0 Å². The molecule has 2 aromatic rings. The second kappa shape index (κ2) is 9.21. The first-order valence-electron chi connectivity index (χ1n) is 8.48. The van der Waals surface area contributed by atoms with E-state index >= 15 is 0 Å². The van der Waals surface area contributed by atoms with Crippen molar-refractivity contribution in [1.82, 2.24) is 5.32 Å². The van der Waals surface area contributed by atoms with Crippen molar-refractivity contribution in [2.24, 2.45) is 0 Å². The highest BCUT2D eigenvalue weighted by Gasteiger charge is 2.25. The van der Waals surface area contributed by atoms with Crippen molar-refractivity contribution in [2.45, 2.75) is 24.8 Å². The standard InChI is InChI=1S/C19H23ClN2O4S/c1-4-22(15-8-6-5-7-9-15)27(24,25)16-10-11-18(20)17(12-16)19(23)21-14(2)13-26-3/h5-12,14H,4,13H2,1-3H3,(H,21,23)/t14-/m0/s1. The highest BCUT2D eigenvalue weighted by Crippen LogP contribution is 2.26. The summed E-state index contributed by atoms with van der Waals surface area (Å²) in [7, 11) is -2.31. The van der Waals surface area contributed by atoms with Gasteiger partial charge in [0.2, 0.25) is 0 Å². The lowest BCUT2D eigenvalue weighted by atomic mass is 10.2. The molecular weight excluding hydrogens is 388 g/mol. The molecular formula is C19H23ClN2O4S. The Labute approximate surface area is 165 Å². The Morgan fingerprint density at radius 2 is 1.89 bits per heavy atom. The van der Waals surface area contributed by atoms with E-state index in [2.05, 4.69) is 5.32 Å². The number of carbonyl (C=O) groups excluding carboxylic acids is 1. The summed E-state index contributed by atoms with van der Waals surface area (Å²) in [6, 6.07) is 12.7. The molecule has 0 aliphatic carbocycles. The summed E-state index contributed by atoms with van der Waals surface area (Å²) < 4.78 is 32.5. The van der Waals surface area contributed by atoms with E-state index in [4.69, 9.17) is 16.3 Å². The van der Waals surface area contributed by atoms with Crippen LogP contribution < -0.4 is 9.62 Å². The molecule has 1 N–H and O–H groups in total. The fourth-order valence-electron chi connectivity index (χ4n) is 2.64. The summed E-state index contributed by atoms with van der Waals surface area (Å²) in [5.74, 6) is -0.454. The van der Waals surface area contributed by atoms with Gasteiger partial charge in [0, 0.05) is 19.7 Å². The van der Waals surface area contributed by atoms with Gasteiger partial charge in [-0.1, -0.05) is 29.8 Å². The fraction of sp³-hybridized carbons (Fsp3) is 0.316. The maximum atomic E-state index is 13.1. The molecule has 0 aromatic heterocycles. The van der Waals surface area contributed by atoms with Gasteiger partial charge in [-0.05, 0) is 44.2 Å². The van der Waals surface area contributed by atoms with Gasteiger partial charge in [-0.3, -0.25) is 9.10 Å². The molecule has 0 radical (unpaired) electrons. The maximum Gasteiger partial charge on any atom is 0.264 e. The van der Waals surface area contributed by atoms with Crippen LogP contribution in [0.15, 0.2) is 53.4 Å². The third-order valence-corrected chi connectivity index (χ3v) is 6.12. The van der Waals surface area contributed by atoms with Crippen LogP contribution >= 0.6 is 11.6 Å². The molecule has 0 spiro atoms. The Kier molecular flexibility index (Phi) is 7.24. The summed E-state index contributed by atoms with van der Waals surface area (Å²) in [6.45, 7) is 4.12. The smallest absolute Gasteiger partial charge is 0.264 e. The maximum absolute atomic E-state index is 13.1. The summed E-state index contributed by atoms with van der Waals surface area (Å²) in [6.07, 6.45) is 0. The normalized spacial score (nSPS) is 12.4. The molecule has 0 bridgehead atoms. The highest BCUT2D eigenvalue weighted by molar-refractivity contribution is 7.92. The molecule has 27 heavy (non-hydrogen) atoms. The Morgan fingerprint density at radius 1 is 1.22 bits per heavy atom. The van der Waals surface area contributed by atoms with E-state index < -0.39 is 15.9 Å². The number of benzene rings is 2. The summed E-state index contributed by atoms with van der Waals surface area (Å²) in [4.78, 5) is 12.5. The van der Waals surface area contributed by atoms with E-state index in [1.165, 1.54) is 29.6 Å². The number of hydrogen-bond acceptors (Lipinski definition) is 4. The van der Waals surface area contributed by atoms with Crippen LogP contribution in [0, 0.1) is 0 Å². The van der Waals surface area contributed by atoms with Gasteiger partial charge >= 0.3 is 0 Å². The molecule has 146 valence electrons. The van der Waals surface area contributed by atoms with Crippen LogP contribution in [-0.4, -0.2) is 40.6 Å². The van der Waals surface area contributed by atoms with Gasteiger partial charge in [0.25, 0.3) is 15.9 Å². The van der Waals surface area contributed by atoms with Gasteiger partial charge in [0.15, 0.2) is 0 Å². The number of sulfonamides is 1. The molecule has 0 aliphatic heterocycles. The van der Waals surface area contributed by atoms with Crippen LogP contribution in [-0.2, 0) is 14.8 Å². The topological polar surface area (TPSA) is 75.7 Å². The summed E-state index contributed by atoms with van der Waals surface area (Å²) >= 11 is 6.13. The summed E-state index contributed by atoms with van der Waals surface area (Å²) in [5, 5.41) is 2.91.